The molecule has 114 valence electrons. The van der Waals surface area contributed by atoms with E-state index in [1.54, 1.807) is 6.20 Å². The van der Waals surface area contributed by atoms with Crippen LogP contribution in [0.15, 0.2) is 42.7 Å². The normalized spacial score (nSPS) is 26.3. The SMILES string of the molecule is O=C(Nc1cccc(Cn2cccn2)c1)C1CC2CCC1C2. The van der Waals surface area contributed by atoms with E-state index in [1.807, 2.05) is 35.1 Å². The van der Waals surface area contributed by atoms with Crippen LogP contribution < -0.4 is 5.32 Å². The summed E-state index contributed by atoms with van der Waals surface area (Å²) < 4.78 is 1.89. The number of benzene rings is 1. The molecule has 2 bridgehead atoms. The molecule has 4 heteroatoms. The molecule has 0 radical (unpaired) electrons. The molecule has 0 aliphatic heterocycles. The van der Waals surface area contributed by atoms with Crippen LogP contribution in [0.5, 0.6) is 0 Å². The average Bonchev–Trinajstić information content (AvgIpc) is 3.25. The molecule has 0 spiro atoms. The first-order chi connectivity index (χ1) is 10.8. The summed E-state index contributed by atoms with van der Waals surface area (Å²) in [4.78, 5) is 12.5. The Hall–Kier alpha value is -2.10. The van der Waals surface area contributed by atoms with E-state index in [0.717, 1.165) is 30.1 Å². The smallest absolute Gasteiger partial charge is 0.227 e. The summed E-state index contributed by atoms with van der Waals surface area (Å²) in [5.41, 5.74) is 2.05. The lowest BCUT2D eigenvalue weighted by Gasteiger charge is -2.21. The van der Waals surface area contributed by atoms with Crippen LogP contribution in [0.4, 0.5) is 5.69 Å². The first kappa shape index (κ1) is 13.6. The Labute approximate surface area is 130 Å². The van der Waals surface area contributed by atoms with Crippen molar-refractivity contribution in [1.29, 1.82) is 0 Å². The Balaban J connectivity index is 1.43. The molecule has 2 saturated carbocycles. The molecule has 2 aliphatic rings. The van der Waals surface area contributed by atoms with Crippen molar-refractivity contribution in [2.45, 2.75) is 32.2 Å². The van der Waals surface area contributed by atoms with Crippen molar-refractivity contribution in [3.8, 4) is 0 Å². The van der Waals surface area contributed by atoms with Crippen molar-refractivity contribution >= 4 is 11.6 Å². The number of anilines is 1. The quantitative estimate of drug-likeness (QED) is 0.940. The van der Waals surface area contributed by atoms with Crippen LogP contribution in [0.3, 0.4) is 0 Å². The summed E-state index contributed by atoms with van der Waals surface area (Å²) in [6.45, 7) is 0.727. The lowest BCUT2D eigenvalue weighted by Crippen LogP contribution is -2.27. The maximum absolute atomic E-state index is 12.5. The molecule has 4 nitrogen and oxygen atoms in total. The largest absolute Gasteiger partial charge is 0.326 e. The molecule has 3 atom stereocenters. The fourth-order valence-electron chi connectivity index (χ4n) is 4.13. The second-order valence-electron chi connectivity index (χ2n) is 6.67. The summed E-state index contributed by atoms with van der Waals surface area (Å²) in [7, 11) is 0. The minimum Gasteiger partial charge on any atom is -0.326 e. The Morgan fingerprint density at radius 1 is 1.27 bits per heavy atom. The van der Waals surface area contributed by atoms with E-state index >= 15 is 0 Å². The van der Waals surface area contributed by atoms with Gasteiger partial charge in [0.05, 0.1) is 6.54 Å². The summed E-state index contributed by atoms with van der Waals surface area (Å²) in [6, 6.07) is 10.00. The molecule has 1 amide bonds. The summed E-state index contributed by atoms with van der Waals surface area (Å²) in [5, 5.41) is 7.34. The van der Waals surface area contributed by atoms with Gasteiger partial charge >= 0.3 is 0 Å². The highest BCUT2D eigenvalue weighted by Gasteiger charge is 2.42. The van der Waals surface area contributed by atoms with Gasteiger partial charge < -0.3 is 5.32 Å². The number of aromatic nitrogens is 2. The predicted molar refractivity (Wildman–Crippen MR) is 85.3 cm³/mol. The third-order valence-electron chi connectivity index (χ3n) is 5.17. The van der Waals surface area contributed by atoms with Gasteiger partial charge in [-0.15, -0.1) is 0 Å². The van der Waals surface area contributed by atoms with Gasteiger partial charge in [0.25, 0.3) is 0 Å². The van der Waals surface area contributed by atoms with Gasteiger partial charge in [-0.05, 0) is 54.9 Å². The van der Waals surface area contributed by atoms with E-state index in [9.17, 15) is 4.79 Å². The fraction of sp³-hybridized carbons (Fsp3) is 0.444. The third kappa shape index (κ3) is 2.65. The number of nitrogens with zero attached hydrogens (tertiary/aromatic N) is 2. The average molecular weight is 295 g/mol. The molecular weight excluding hydrogens is 274 g/mol. The summed E-state index contributed by atoms with van der Waals surface area (Å²) >= 11 is 0. The first-order valence-electron chi connectivity index (χ1n) is 8.15. The zero-order chi connectivity index (χ0) is 14.9. The van der Waals surface area contributed by atoms with Crippen LogP contribution in [0.1, 0.15) is 31.2 Å². The molecule has 4 rings (SSSR count). The molecule has 1 heterocycles. The van der Waals surface area contributed by atoms with Crippen LogP contribution in [0, 0.1) is 17.8 Å². The lowest BCUT2D eigenvalue weighted by molar-refractivity contribution is -0.121. The topological polar surface area (TPSA) is 46.9 Å². The molecule has 2 fully saturated rings. The van der Waals surface area contributed by atoms with Gasteiger partial charge in [-0.3, -0.25) is 9.48 Å². The highest BCUT2D eigenvalue weighted by atomic mass is 16.1. The number of rotatable bonds is 4. The number of hydrogen-bond donors (Lipinski definition) is 1. The second kappa shape index (κ2) is 5.59. The second-order valence-corrected chi connectivity index (χ2v) is 6.67. The van der Waals surface area contributed by atoms with Crippen LogP contribution in [-0.4, -0.2) is 15.7 Å². The Bertz CT molecular complexity index is 665. The van der Waals surface area contributed by atoms with Gasteiger partial charge in [0.1, 0.15) is 0 Å². The van der Waals surface area contributed by atoms with Crippen molar-refractivity contribution in [3.63, 3.8) is 0 Å². The van der Waals surface area contributed by atoms with Crippen LogP contribution in [-0.2, 0) is 11.3 Å². The molecule has 0 saturated heterocycles. The number of carbonyl (C=O) groups is 1. The molecule has 2 aliphatic carbocycles. The van der Waals surface area contributed by atoms with Gasteiger partial charge in [0.15, 0.2) is 0 Å². The van der Waals surface area contributed by atoms with Crippen molar-refractivity contribution in [3.05, 3.63) is 48.3 Å². The summed E-state index contributed by atoms with van der Waals surface area (Å²) in [6.07, 6.45) is 8.64. The van der Waals surface area contributed by atoms with Gasteiger partial charge in [0.2, 0.25) is 5.91 Å². The molecule has 1 aromatic heterocycles. The van der Waals surface area contributed by atoms with Gasteiger partial charge in [0, 0.05) is 24.0 Å². The Morgan fingerprint density at radius 2 is 2.23 bits per heavy atom. The van der Waals surface area contributed by atoms with Gasteiger partial charge in [-0.2, -0.15) is 5.10 Å². The minimum absolute atomic E-state index is 0.212. The van der Waals surface area contributed by atoms with Crippen molar-refractivity contribution in [2.75, 3.05) is 5.32 Å². The van der Waals surface area contributed by atoms with Gasteiger partial charge in [-0.25, -0.2) is 0 Å². The predicted octanol–water partition coefficient (Wildman–Crippen LogP) is 3.31. The maximum atomic E-state index is 12.5. The van der Waals surface area contributed by atoms with E-state index < -0.39 is 0 Å². The maximum Gasteiger partial charge on any atom is 0.227 e. The van der Waals surface area contributed by atoms with E-state index in [-0.39, 0.29) is 11.8 Å². The number of hydrogen-bond acceptors (Lipinski definition) is 2. The zero-order valence-electron chi connectivity index (χ0n) is 12.6. The monoisotopic (exact) mass is 295 g/mol. The fourth-order valence-corrected chi connectivity index (χ4v) is 4.13. The zero-order valence-corrected chi connectivity index (χ0v) is 12.6. The van der Waals surface area contributed by atoms with Gasteiger partial charge in [-0.1, -0.05) is 18.6 Å². The van der Waals surface area contributed by atoms with E-state index in [0.29, 0.717) is 5.92 Å². The molecule has 3 unspecified atom stereocenters. The van der Waals surface area contributed by atoms with Crippen LogP contribution in [0.25, 0.3) is 0 Å². The molecule has 1 N–H and O–H groups in total. The number of carbonyl (C=O) groups excluding carboxylic acids is 1. The first-order valence-corrected chi connectivity index (χ1v) is 8.15. The van der Waals surface area contributed by atoms with E-state index in [1.165, 1.54) is 19.3 Å². The van der Waals surface area contributed by atoms with Crippen LogP contribution in [0.2, 0.25) is 0 Å². The van der Waals surface area contributed by atoms with Crippen LogP contribution >= 0.6 is 0 Å². The molecule has 2 aromatic rings. The third-order valence-corrected chi connectivity index (χ3v) is 5.17. The standard InChI is InChI=1S/C18H21N3O/c22-18(17-11-13-5-6-15(17)9-13)20-16-4-1-3-14(10-16)12-21-8-2-7-19-21/h1-4,7-8,10,13,15,17H,5-6,9,11-12H2,(H,20,22). The van der Waals surface area contributed by atoms with Crippen molar-refractivity contribution in [2.24, 2.45) is 17.8 Å². The Kier molecular flexibility index (Phi) is 3.45. The highest BCUT2D eigenvalue weighted by molar-refractivity contribution is 5.93. The molecular formula is C18H21N3O. The minimum atomic E-state index is 0.212. The summed E-state index contributed by atoms with van der Waals surface area (Å²) in [5.74, 6) is 1.86. The van der Waals surface area contributed by atoms with E-state index in [2.05, 4.69) is 16.5 Å². The number of amides is 1. The molecule has 22 heavy (non-hydrogen) atoms. The molecule has 1 aromatic carbocycles. The highest BCUT2D eigenvalue weighted by Crippen LogP contribution is 2.48. The van der Waals surface area contributed by atoms with Crippen molar-refractivity contribution < 1.29 is 4.79 Å². The van der Waals surface area contributed by atoms with E-state index in [4.69, 9.17) is 0 Å². The number of nitrogens with one attached hydrogen (secondary N) is 1. The lowest BCUT2D eigenvalue weighted by atomic mass is 9.88. The number of fused-ring (bicyclic) bond motifs is 2. The Morgan fingerprint density at radius 3 is 2.95 bits per heavy atom. The van der Waals surface area contributed by atoms with Crippen molar-refractivity contribution in [1.82, 2.24) is 9.78 Å².